The zero-order valence-corrected chi connectivity index (χ0v) is 12.0. The van der Waals surface area contributed by atoms with Crippen LogP contribution in [0, 0.1) is 5.82 Å². The molecule has 4 heteroatoms. The molecule has 0 aliphatic rings. The van der Waals surface area contributed by atoms with E-state index in [1.54, 1.807) is 13.2 Å². The smallest absolute Gasteiger partial charge is 0.123 e. The van der Waals surface area contributed by atoms with Gasteiger partial charge in [-0.2, -0.15) is 0 Å². The van der Waals surface area contributed by atoms with Gasteiger partial charge in [-0.15, -0.1) is 11.6 Å². The maximum atomic E-state index is 13.2. The molecule has 2 aromatic carbocycles. The fourth-order valence-electron chi connectivity index (χ4n) is 1.66. The Labute approximate surface area is 119 Å². The highest BCUT2D eigenvalue weighted by atomic mass is 79.9. The van der Waals surface area contributed by atoms with Gasteiger partial charge in [-0.3, -0.25) is 0 Å². The van der Waals surface area contributed by atoms with E-state index in [1.165, 1.54) is 12.1 Å². The normalized spacial score (nSPS) is 12.2. The Morgan fingerprint density at radius 3 is 2.44 bits per heavy atom. The van der Waals surface area contributed by atoms with Crippen LogP contribution >= 0.6 is 27.5 Å². The van der Waals surface area contributed by atoms with Crippen molar-refractivity contribution in [1.82, 2.24) is 0 Å². The van der Waals surface area contributed by atoms with Crippen molar-refractivity contribution < 1.29 is 9.13 Å². The molecule has 0 aliphatic heterocycles. The third kappa shape index (κ3) is 2.85. The largest absolute Gasteiger partial charge is 0.497 e. The molecule has 0 fully saturated rings. The van der Waals surface area contributed by atoms with Crippen molar-refractivity contribution in [3.05, 3.63) is 63.9 Å². The van der Waals surface area contributed by atoms with Gasteiger partial charge >= 0.3 is 0 Å². The molecule has 1 unspecified atom stereocenters. The summed E-state index contributed by atoms with van der Waals surface area (Å²) in [6.45, 7) is 0. The lowest BCUT2D eigenvalue weighted by molar-refractivity contribution is 0.414. The first-order chi connectivity index (χ1) is 8.61. The second-order valence-electron chi connectivity index (χ2n) is 3.80. The number of halogens is 3. The molecule has 0 spiro atoms. The number of ether oxygens (including phenoxy) is 1. The van der Waals surface area contributed by atoms with Gasteiger partial charge in [0.15, 0.2) is 0 Å². The highest BCUT2D eigenvalue weighted by Crippen LogP contribution is 2.34. The van der Waals surface area contributed by atoms with Crippen LogP contribution in [0.1, 0.15) is 16.5 Å². The van der Waals surface area contributed by atoms with Crippen molar-refractivity contribution in [2.75, 3.05) is 7.11 Å². The van der Waals surface area contributed by atoms with Crippen LogP contribution in [-0.4, -0.2) is 7.11 Å². The van der Waals surface area contributed by atoms with E-state index in [2.05, 4.69) is 15.9 Å². The van der Waals surface area contributed by atoms with Crippen molar-refractivity contribution in [2.24, 2.45) is 0 Å². The van der Waals surface area contributed by atoms with Crippen LogP contribution < -0.4 is 4.74 Å². The summed E-state index contributed by atoms with van der Waals surface area (Å²) in [6.07, 6.45) is 0. The first-order valence-corrected chi connectivity index (χ1v) is 6.57. The molecule has 1 nitrogen and oxygen atoms in total. The predicted molar refractivity (Wildman–Crippen MR) is 74.8 cm³/mol. The molecule has 0 amide bonds. The molecule has 2 aromatic rings. The zero-order valence-electron chi connectivity index (χ0n) is 9.66. The summed E-state index contributed by atoms with van der Waals surface area (Å²) in [5.74, 6) is 0.466. The number of benzene rings is 2. The maximum Gasteiger partial charge on any atom is 0.123 e. The molecule has 0 aliphatic carbocycles. The number of methoxy groups -OCH3 is 1. The van der Waals surface area contributed by atoms with Crippen LogP contribution in [0.15, 0.2) is 46.9 Å². The number of alkyl halides is 1. The first-order valence-electron chi connectivity index (χ1n) is 5.35. The standard InChI is InChI=1S/C14H11BrClFO/c1-18-11-5-2-9(3-6-11)14(16)12-8-10(17)4-7-13(12)15/h2-8,14H,1H3. The molecule has 94 valence electrons. The SMILES string of the molecule is COc1ccc(C(Cl)c2cc(F)ccc2Br)cc1. The number of rotatable bonds is 3. The van der Waals surface area contributed by atoms with E-state index < -0.39 is 5.38 Å². The molecule has 0 bridgehead atoms. The summed E-state index contributed by atoms with van der Waals surface area (Å²) in [7, 11) is 1.61. The Kier molecular flexibility index (Phi) is 4.25. The van der Waals surface area contributed by atoms with Gasteiger partial charge in [0.05, 0.1) is 12.5 Å². The van der Waals surface area contributed by atoms with Gasteiger partial charge in [-0.25, -0.2) is 4.39 Å². The Balaban J connectivity index is 2.34. The van der Waals surface area contributed by atoms with Crippen LogP contribution in [-0.2, 0) is 0 Å². The van der Waals surface area contributed by atoms with Gasteiger partial charge in [0.1, 0.15) is 11.6 Å². The molecule has 0 heterocycles. The minimum absolute atomic E-state index is 0.299. The highest BCUT2D eigenvalue weighted by Gasteiger charge is 2.14. The maximum absolute atomic E-state index is 13.2. The van der Waals surface area contributed by atoms with Crippen LogP contribution in [0.5, 0.6) is 5.75 Å². The molecule has 2 rings (SSSR count). The second-order valence-corrected chi connectivity index (χ2v) is 5.09. The predicted octanol–water partition coefficient (Wildman–Crippen LogP) is 4.93. The van der Waals surface area contributed by atoms with E-state index in [-0.39, 0.29) is 5.82 Å². The number of hydrogen-bond donors (Lipinski definition) is 0. The van der Waals surface area contributed by atoms with Crippen molar-refractivity contribution in [3.8, 4) is 5.75 Å². The monoisotopic (exact) mass is 328 g/mol. The minimum atomic E-state index is -0.402. The Morgan fingerprint density at radius 2 is 1.83 bits per heavy atom. The summed E-state index contributed by atoms with van der Waals surface area (Å²) in [5.41, 5.74) is 1.60. The van der Waals surface area contributed by atoms with Gasteiger partial charge in [-0.1, -0.05) is 28.1 Å². The molecule has 0 saturated carbocycles. The van der Waals surface area contributed by atoms with Gasteiger partial charge in [0, 0.05) is 4.47 Å². The zero-order chi connectivity index (χ0) is 13.1. The van der Waals surface area contributed by atoms with Crippen molar-refractivity contribution in [3.63, 3.8) is 0 Å². The summed E-state index contributed by atoms with van der Waals surface area (Å²) in [6, 6.07) is 11.9. The second kappa shape index (κ2) is 5.72. The summed E-state index contributed by atoms with van der Waals surface area (Å²) < 4.78 is 19.1. The minimum Gasteiger partial charge on any atom is -0.497 e. The summed E-state index contributed by atoms with van der Waals surface area (Å²) in [4.78, 5) is 0. The topological polar surface area (TPSA) is 9.23 Å². The molecule has 0 saturated heterocycles. The van der Waals surface area contributed by atoms with E-state index in [1.807, 2.05) is 24.3 Å². The first kappa shape index (κ1) is 13.4. The van der Waals surface area contributed by atoms with Crippen LogP contribution in [0.3, 0.4) is 0 Å². The molecule has 18 heavy (non-hydrogen) atoms. The highest BCUT2D eigenvalue weighted by molar-refractivity contribution is 9.10. The van der Waals surface area contributed by atoms with Gasteiger partial charge in [0.25, 0.3) is 0 Å². The molecule has 0 aromatic heterocycles. The summed E-state index contributed by atoms with van der Waals surface area (Å²) >= 11 is 9.75. The lowest BCUT2D eigenvalue weighted by Crippen LogP contribution is -1.96. The molecule has 0 radical (unpaired) electrons. The van der Waals surface area contributed by atoms with Crippen LogP contribution in [0.2, 0.25) is 0 Å². The quantitative estimate of drug-likeness (QED) is 0.726. The van der Waals surface area contributed by atoms with Gasteiger partial charge in [0.2, 0.25) is 0 Å². The number of hydrogen-bond acceptors (Lipinski definition) is 1. The summed E-state index contributed by atoms with van der Waals surface area (Å²) in [5, 5.41) is -0.402. The lowest BCUT2D eigenvalue weighted by Gasteiger charge is -2.13. The van der Waals surface area contributed by atoms with Crippen molar-refractivity contribution in [1.29, 1.82) is 0 Å². The van der Waals surface area contributed by atoms with Crippen LogP contribution in [0.25, 0.3) is 0 Å². The third-order valence-corrected chi connectivity index (χ3v) is 3.85. The fraction of sp³-hybridized carbons (Fsp3) is 0.143. The fourth-order valence-corrected chi connectivity index (χ4v) is 2.59. The lowest BCUT2D eigenvalue weighted by atomic mass is 10.0. The van der Waals surface area contributed by atoms with E-state index in [0.717, 1.165) is 15.8 Å². The van der Waals surface area contributed by atoms with Gasteiger partial charge < -0.3 is 4.74 Å². The molecule has 0 N–H and O–H groups in total. The van der Waals surface area contributed by atoms with Crippen molar-refractivity contribution >= 4 is 27.5 Å². The average molecular weight is 330 g/mol. The Bertz CT molecular complexity index is 542. The van der Waals surface area contributed by atoms with E-state index >= 15 is 0 Å². The molecular weight excluding hydrogens is 319 g/mol. The van der Waals surface area contributed by atoms with E-state index in [4.69, 9.17) is 16.3 Å². The Hall–Kier alpha value is -1.06. The Morgan fingerprint density at radius 1 is 1.17 bits per heavy atom. The molecule has 1 atom stereocenters. The van der Waals surface area contributed by atoms with Gasteiger partial charge in [-0.05, 0) is 41.5 Å². The van der Waals surface area contributed by atoms with E-state index in [9.17, 15) is 4.39 Å². The van der Waals surface area contributed by atoms with Crippen molar-refractivity contribution in [2.45, 2.75) is 5.38 Å². The third-order valence-electron chi connectivity index (χ3n) is 2.64. The van der Waals surface area contributed by atoms with E-state index in [0.29, 0.717) is 5.56 Å². The molecular formula is C14H11BrClFO. The average Bonchev–Trinajstić information content (AvgIpc) is 2.41. The van der Waals surface area contributed by atoms with Crippen LogP contribution in [0.4, 0.5) is 4.39 Å².